The maximum absolute atomic E-state index is 9.44. The number of nitrogens with one attached hydrogen (secondary N) is 1. The first kappa shape index (κ1) is 19.1. The van der Waals surface area contributed by atoms with Crippen LogP contribution in [0, 0.1) is 18.3 Å². The minimum Gasteiger partial charge on any atom is -0.544 e. The summed E-state index contributed by atoms with van der Waals surface area (Å²) < 4.78 is 8.32. The molecule has 0 aliphatic carbocycles. The van der Waals surface area contributed by atoms with Crippen LogP contribution in [0.4, 0.5) is 11.4 Å². The first-order chi connectivity index (χ1) is 11.6. The molecule has 0 fully saturated rings. The van der Waals surface area contributed by atoms with Crippen molar-refractivity contribution in [1.29, 1.82) is 5.26 Å². The van der Waals surface area contributed by atoms with Crippen molar-refractivity contribution in [2.45, 2.75) is 59.3 Å². The quantitative estimate of drug-likeness (QED) is 0.688. The first-order valence-electron chi connectivity index (χ1n) is 8.75. The molecule has 1 aromatic carbocycles. The fourth-order valence-corrected chi connectivity index (χ4v) is 3.54. The number of anilines is 2. The molecule has 134 valence electrons. The third kappa shape index (κ3) is 4.08. The van der Waals surface area contributed by atoms with Gasteiger partial charge >= 0.3 is 0 Å². The van der Waals surface area contributed by atoms with E-state index in [-0.39, 0.29) is 5.04 Å². The van der Waals surface area contributed by atoms with Crippen molar-refractivity contribution in [3.63, 3.8) is 0 Å². The van der Waals surface area contributed by atoms with Crippen molar-refractivity contribution in [3.8, 4) is 11.8 Å². The highest BCUT2D eigenvalue weighted by Crippen LogP contribution is 2.37. The van der Waals surface area contributed by atoms with Gasteiger partial charge in [-0.25, -0.2) is 0 Å². The Balaban J connectivity index is 2.18. The van der Waals surface area contributed by atoms with Crippen LogP contribution in [-0.4, -0.2) is 12.9 Å². The van der Waals surface area contributed by atoms with Crippen LogP contribution in [0.1, 0.15) is 39.1 Å². The third-order valence-electron chi connectivity index (χ3n) is 5.04. The Kier molecular flexibility index (Phi) is 5.33. The molecule has 0 unspecified atom stereocenters. The number of rotatable bonds is 5. The largest absolute Gasteiger partial charge is 0.544 e. The van der Waals surface area contributed by atoms with E-state index in [1.165, 1.54) is 0 Å². The number of nitriles is 1. The minimum absolute atomic E-state index is 0.173. The Labute approximate surface area is 152 Å². The van der Waals surface area contributed by atoms with E-state index >= 15 is 0 Å². The SMILES string of the molecule is CCn1c(C)cc(Nc2ccc(O[Si](C)(C)C(C)(C)C)cc2)c1C#N. The fourth-order valence-electron chi connectivity index (χ4n) is 2.51. The number of benzene rings is 1. The van der Waals surface area contributed by atoms with Crippen LogP contribution >= 0.6 is 0 Å². The van der Waals surface area contributed by atoms with E-state index in [2.05, 4.69) is 45.3 Å². The molecular formula is C20H29N3OSi. The molecule has 0 spiro atoms. The predicted octanol–water partition coefficient (Wildman–Crippen LogP) is 5.82. The van der Waals surface area contributed by atoms with Gasteiger partial charge in [0.15, 0.2) is 0 Å². The van der Waals surface area contributed by atoms with Crippen LogP contribution in [0.5, 0.6) is 5.75 Å². The van der Waals surface area contributed by atoms with Crippen molar-refractivity contribution in [3.05, 3.63) is 41.7 Å². The Morgan fingerprint density at radius 3 is 2.28 bits per heavy atom. The Bertz CT molecular complexity index is 777. The normalized spacial score (nSPS) is 11.9. The summed E-state index contributed by atoms with van der Waals surface area (Å²) in [5.41, 5.74) is 3.55. The highest BCUT2D eigenvalue weighted by atomic mass is 28.4. The van der Waals surface area contributed by atoms with Gasteiger partial charge in [0.05, 0.1) is 5.69 Å². The molecule has 4 nitrogen and oxygen atoms in total. The van der Waals surface area contributed by atoms with Gasteiger partial charge in [0.1, 0.15) is 17.5 Å². The number of hydrogen-bond donors (Lipinski definition) is 1. The van der Waals surface area contributed by atoms with Crippen LogP contribution in [0.25, 0.3) is 0 Å². The summed E-state index contributed by atoms with van der Waals surface area (Å²) in [6.07, 6.45) is 0. The van der Waals surface area contributed by atoms with E-state index in [1.54, 1.807) is 0 Å². The molecule has 2 aromatic rings. The lowest BCUT2D eigenvalue weighted by Crippen LogP contribution is -2.43. The molecule has 1 aromatic heterocycles. The molecule has 5 heteroatoms. The molecule has 0 aliphatic heterocycles. The Morgan fingerprint density at radius 2 is 1.80 bits per heavy atom. The summed E-state index contributed by atoms with van der Waals surface area (Å²) in [4.78, 5) is 0. The average Bonchev–Trinajstić information content (AvgIpc) is 2.82. The molecule has 2 rings (SSSR count). The highest BCUT2D eigenvalue weighted by Gasteiger charge is 2.38. The molecule has 0 saturated carbocycles. The summed E-state index contributed by atoms with van der Waals surface area (Å²) >= 11 is 0. The monoisotopic (exact) mass is 355 g/mol. The fraction of sp³-hybridized carbons (Fsp3) is 0.450. The smallest absolute Gasteiger partial charge is 0.250 e. The number of hydrogen-bond acceptors (Lipinski definition) is 3. The third-order valence-corrected chi connectivity index (χ3v) is 9.40. The summed E-state index contributed by atoms with van der Waals surface area (Å²) in [7, 11) is -1.83. The highest BCUT2D eigenvalue weighted by molar-refractivity contribution is 6.74. The van der Waals surface area contributed by atoms with Crippen LogP contribution in [0.2, 0.25) is 18.1 Å². The van der Waals surface area contributed by atoms with E-state index in [4.69, 9.17) is 4.43 Å². The van der Waals surface area contributed by atoms with Crippen LogP contribution in [0.3, 0.4) is 0 Å². The topological polar surface area (TPSA) is 50.0 Å². The van der Waals surface area contributed by atoms with Gasteiger partial charge in [0, 0.05) is 17.9 Å². The van der Waals surface area contributed by atoms with Gasteiger partial charge in [-0.15, -0.1) is 0 Å². The molecule has 0 radical (unpaired) electrons. The minimum atomic E-state index is -1.83. The molecule has 1 heterocycles. The maximum Gasteiger partial charge on any atom is 0.250 e. The first-order valence-corrected chi connectivity index (χ1v) is 11.7. The summed E-state index contributed by atoms with van der Waals surface area (Å²) in [5, 5.41) is 13.0. The van der Waals surface area contributed by atoms with Crippen molar-refractivity contribution >= 4 is 19.7 Å². The summed E-state index contributed by atoms with van der Waals surface area (Å²) in [6, 6.07) is 12.3. The average molecular weight is 356 g/mol. The van der Waals surface area contributed by atoms with Crippen molar-refractivity contribution in [2.24, 2.45) is 0 Å². The second-order valence-electron chi connectivity index (χ2n) is 7.92. The standard InChI is InChI=1S/C20H29N3OSi/c1-8-23-15(2)13-18(19(23)14-21)22-16-9-11-17(12-10-16)24-25(6,7)20(3,4)5/h9-13,22H,8H2,1-7H3. The van der Waals surface area contributed by atoms with Crippen LogP contribution in [-0.2, 0) is 6.54 Å². The molecule has 0 atom stereocenters. The number of aryl methyl sites for hydroxylation is 1. The van der Waals surface area contributed by atoms with E-state index in [1.807, 2.05) is 48.7 Å². The molecule has 25 heavy (non-hydrogen) atoms. The second kappa shape index (κ2) is 6.97. The van der Waals surface area contributed by atoms with Gasteiger partial charge in [-0.2, -0.15) is 5.26 Å². The zero-order valence-corrected chi connectivity index (χ0v) is 17.4. The zero-order valence-electron chi connectivity index (χ0n) is 16.4. The van der Waals surface area contributed by atoms with Gasteiger partial charge in [-0.05, 0) is 62.3 Å². The Morgan fingerprint density at radius 1 is 1.20 bits per heavy atom. The van der Waals surface area contributed by atoms with Gasteiger partial charge in [-0.3, -0.25) is 0 Å². The Hall–Kier alpha value is -2.19. The van der Waals surface area contributed by atoms with Gasteiger partial charge in [-0.1, -0.05) is 20.8 Å². The molecule has 0 aliphatic rings. The van der Waals surface area contributed by atoms with E-state index < -0.39 is 8.32 Å². The summed E-state index contributed by atoms with van der Waals surface area (Å²) in [5.74, 6) is 0.903. The summed E-state index contributed by atoms with van der Waals surface area (Å²) in [6.45, 7) is 16.0. The molecular weight excluding hydrogens is 326 g/mol. The lowest BCUT2D eigenvalue weighted by atomic mass is 10.2. The van der Waals surface area contributed by atoms with E-state index in [0.717, 1.165) is 29.4 Å². The molecule has 1 N–H and O–H groups in total. The molecule has 0 saturated heterocycles. The number of aromatic nitrogens is 1. The van der Waals surface area contributed by atoms with E-state index in [9.17, 15) is 5.26 Å². The van der Waals surface area contributed by atoms with Gasteiger partial charge < -0.3 is 14.3 Å². The second-order valence-corrected chi connectivity index (χ2v) is 12.6. The molecule has 0 bridgehead atoms. The van der Waals surface area contributed by atoms with E-state index in [0.29, 0.717) is 5.69 Å². The van der Waals surface area contributed by atoms with Gasteiger partial charge in [0.25, 0.3) is 0 Å². The zero-order chi connectivity index (χ0) is 18.8. The lowest BCUT2D eigenvalue weighted by molar-refractivity contribution is 0.492. The van der Waals surface area contributed by atoms with Crippen LogP contribution in [0.15, 0.2) is 30.3 Å². The van der Waals surface area contributed by atoms with Crippen molar-refractivity contribution in [2.75, 3.05) is 5.32 Å². The van der Waals surface area contributed by atoms with Crippen molar-refractivity contribution in [1.82, 2.24) is 4.57 Å². The van der Waals surface area contributed by atoms with Gasteiger partial charge in [0.2, 0.25) is 8.32 Å². The van der Waals surface area contributed by atoms with Crippen LogP contribution < -0.4 is 9.74 Å². The maximum atomic E-state index is 9.44. The predicted molar refractivity (Wildman–Crippen MR) is 107 cm³/mol. The lowest BCUT2D eigenvalue weighted by Gasteiger charge is -2.36. The van der Waals surface area contributed by atoms with Crippen molar-refractivity contribution < 1.29 is 4.43 Å². The molecule has 0 amide bonds. The number of nitrogens with zero attached hydrogens (tertiary/aromatic N) is 2.